The molecule has 2 aromatic heterocycles. The summed E-state index contributed by atoms with van der Waals surface area (Å²) in [5, 5.41) is 15.8. The minimum Gasteiger partial charge on any atom is -0.497 e. The lowest BCUT2D eigenvalue weighted by molar-refractivity contribution is 0.414. The Morgan fingerprint density at radius 3 is 2.73 bits per heavy atom. The monoisotopic (exact) mass is 416 g/mol. The summed E-state index contributed by atoms with van der Waals surface area (Å²) < 4.78 is 12.3. The van der Waals surface area contributed by atoms with Gasteiger partial charge in [-0.15, -0.1) is 5.10 Å². The van der Waals surface area contributed by atoms with Gasteiger partial charge in [0.25, 0.3) is 0 Å². The van der Waals surface area contributed by atoms with E-state index in [-0.39, 0.29) is 5.63 Å². The van der Waals surface area contributed by atoms with Gasteiger partial charge in [-0.05, 0) is 57.1 Å². The van der Waals surface area contributed by atoms with Gasteiger partial charge >= 0.3 is 5.63 Å². The molecule has 0 saturated carbocycles. The van der Waals surface area contributed by atoms with Gasteiger partial charge < -0.3 is 9.15 Å². The smallest absolute Gasteiger partial charge is 0.336 e. The largest absolute Gasteiger partial charge is 0.497 e. The highest BCUT2D eigenvalue weighted by Crippen LogP contribution is 2.31. The number of thioether (sulfide) groups is 1. The number of rotatable bonds is 5. The molecule has 7 nitrogen and oxygen atoms in total. The number of hydrogen-bond acceptors (Lipinski definition) is 7. The highest BCUT2D eigenvalue weighted by atomic mass is 32.2. The molecule has 0 fully saturated rings. The lowest BCUT2D eigenvalue weighted by atomic mass is 10.0. The predicted molar refractivity (Wildman–Crippen MR) is 115 cm³/mol. The van der Waals surface area contributed by atoms with Crippen molar-refractivity contribution in [2.75, 3.05) is 7.11 Å². The van der Waals surface area contributed by atoms with Gasteiger partial charge in [-0.1, -0.05) is 42.1 Å². The Balaban J connectivity index is 1.53. The molecule has 5 rings (SSSR count). The fourth-order valence-corrected chi connectivity index (χ4v) is 4.30. The molecule has 0 aliphatic carbocycles. The first-order valence-corrected chi connectivity index (χ1v) is 10.2. The van der Waals surface area contributed by atoms with E-state index < -0.39 is 0 Å². The maximum Gasteiger partial charge on any atom is 0.336 e. The van der Waals surface area contributed by atoms with Crippen molar-refractivity contribution in [3.63, 3.8) is 0 Å². The second-order valence-corrected chi connectivity index (χ2v) is 7.55. The minimum atomic E-state index is -0.372. The third kappa shape index (κ3) is 3.31. The quantitative estimate of drug-likeness (QED) is 0.241. The SMILES string of the molecule is COc1ccc(-n2nnnc2SCc2cc(=O)oc3ccc4ccccc4c23)cc1. The summed E-state index contributed by atoms with van der Waals surface area (Å²) in [6.07, 6.45) is 0. The Bertz CT molecular complexity index is 1410. The summed E-state index contributed by atoms with van der Waals surface area (Å²) in [6.45, 7) is 0. The average molecular weight is 416 g/mol. The molecule has 148 valence electrons. The van der Waals surface area contributed by atoms with E-state index >= 15 is 0 Å². The van der Waals surface area contributed by atoms with Crippen LogP contribution in [-0.2, 0) is 5.75 Å². The Labute approximate surface area is 175 Å². The Hall–Kier alpha value is -3.65. The van der Waals surface area contributed by atoms with Crippen molar-refractivity contribution >= 4 is 33.5 Å². The molecule has 0 amide bonds. The van der Waals surface area contributed by atoms with E-state index in [1.54, 1.807) is 17.9 Å². The molecule has 5 aromatic rings. The van der Waals surface area contributed by atoms with Gasteiger partial charge in [-0.2, -0.15) is 4.68 Å². The molecule has 0 saturated heterocycles. The highest BCUT2D eigenvalue weighted by molar-refractivity contribution is 7.98. The van der Waals surface area contributed by atoms with Crippen molar-refractivity contribution in [1.82, 2.24) is 20.2 Å². The van der Waals surface area contributed by atoms with Gasteiger partial charge in [0.1, 0.15) is 11.3 Å². The molecular formula is C22H16N4O3S. The zero-order chi connectivity index (χ0) is 20.5. The van der Waals surface area contributed by atoms with Crippen LogP contribution in [0.25, 0.3) is 27.4 Å². The summed E-state index contributed by atoms with van der Waals surface area (Å²) >= 11 is 1.46. The molecule has 3 aromatic carbocycles. The third-order valence-electron chi connectivity index (χ3n) is 4.83. The van der Waals surface area contributed by atoms with E-state index in [1.807, 2.05) is 60.7 Å². The molecule has 30 heavy (non-hydrogen) atoms. The van der Waals surface area contributed by atoms with Gasteiger partial charge in [0, 0.05) is 17.2 Å². The van der Waals surface area contributed by atoms with E-state index in [0.29, 0.717) is 16.5 Å². The van der Waals surface area contributed by atoms with Crippen LogP contribution in [0, 0.1) is 0 Å². The van der Waals surface area contributed by atoms with Crippen LogP contribution in [0.3, 0.4) is 0 Å². The molecule has 2 heterocycles. The van der Waals surface area contributed by atoms with Crippen LogP contribution in [0.5, 0.6) is 5.75 Å². The van der Waals surface area contributed by atoms with Gasteiger partial charge in [-0.25, -0.2) is 4.79 Å². The van der Waals surface area contributed by atoms with Crippen LogP contribution < -0.4 is 10.4 Å². The number of aromatic nitrogens is 4. The Morgan fingerprint density at radius 1 is 1.07 bits per heavy atom. The zero-order valence-corrected chi connectivity index (χ0v) is 16.8. The standard InChI is InChI=1S/C22H16N4O3S/c1-28-17-9-7-16(8-10-17)26-22(23-24-25-26)30-13-15-12-20(27)29-19-11-6-14-4-2-3-5-18(14)21(15)19/h2-12H,13H2,1H3. The van der Waals surface area contributed by atoms with E-state index in [9.17, 15) is 4.79 Å². The number of fused-ring (bicyclic) bond motifs is 3. The van der Waals surface area contributed by atoms with Crippen molar-refractivity contribution in [3.05, 3.63) is 82.7 Å². The maximum atomic E-state index is 12.1. The topological polar surface area (TPSA) is 83.0 Å². The van der Waals surface area contributed by atoms with Crippen LogP contribution >= 0.6 is 11.8 Å². The molecule has 8 heteroatoms. The summed E-state index contributed by atoms with van der Waals surface area (Å²) in [6, 6.07) is 20.9. The summed E-state index contributed by atoms with van der Waals surface area (Å²) in [7, 11) is 1.62. The van der Waals surface area contributed by atoms with E-state index in [1.165, 1.54) is 11.8 Å². The number of nitrogens with zero attached hydrogens (tertiary/aromatic N) is 4. The number of hydrogen-bond donors (Lipinski definition) is 0. The molecule has 0 spiro atoms. The second-order valence-electron chi connectivity index (χ2n) is 6.61. The van der Waals surface area contributed by atoms with Crippen LogP contribution in [0.1, 0.15) is 5.56 Å². The van der Waals surface area contributed by atoms with Crippen LogP contribution in [0.2, 0.25) is 0 Å². The number of methoxy groups -OCH3 is 1. The van der Waals surface area contributed by atoms with E-state index in [4.69, 9.17) is 9.15 Å². The lowest BCUT2D eigenvalue weighted by Crippen LogP contribution is -2.02. The average Bonchev–Trinajstić information content (AvgIpc) is 3.25. The predicted octanol–water partition coefficient (Wildman–Crippen LogP) is 4.22. The summed E-state index contributed by atoms with van der Waals surface area (Å²) in [5.41, 5.74) is 1.91. The normalized spacial score (nSPS) is 11.2. The van der Waals surface area contributed by atoms with Crippen molar-refractivity contribution in [3.8, 4) is 11.4 Å². The molecule has 0 N–H and O–H groups in total. The maximum absolute atomic E-state index is 12.1. The van der Waals surface area contributed by atoms with Crippen molar-refractivity contribution < 1.29 is 9.15 Å². The molecule has 0 radical (unpaired) electrons. The van der Waals surface area contributed by atoms with Crippen molar-refractivity contribution in [2.24, 2.45) is 0 Å². The lowest BCUT2D eigenvalue weighted by Gasteiger charge is -2.09. The van der Waals surface area contributed by atoms with Crippen LogP contribution in [-0.4, -0.2) is 27.3 Å². The van der Waals surface area contributed by atoms with Crippen LogP contribution in [0.15, 0.2) is 81.1 Å². The fourth-order valence-electron chi connectivity index (χ4n) is 3.43. The summed E-state index contributed by atoms with van der Waals surface area (Å²) in [5.74, 6) is 1.28. The van der Waals surface area contributed by atoms with Crippen molar-refractivity contribution in [1.29, 1.82) is 0 Å². The van der Waals surface area contributed by atoms with Gasteiger partial charge in [0.05, 0.1) is 12.8 Å². The van der Waals surface area contributed by atoms with E-state index in [0.717, 1.165) is 33.2 Å². The highest BCUT2D eigenvalue weighted by Gasteiger charge is 2.14. The fraction of sp³-hybridized carbons (Fsp3) is 0.0909. The van der Waals surface area contributed by atoms with Gasteiger partial charge in [-0.3, -0.25) is 0 Å². The first-order valence-electron chi connectivity index (χ1n) is 9.23. The number of tetrazole rings is 1. The van der Waals surface area contributed by atoms with Crippen molar-refractivity contribution in [2.45, 2.75) is 10.9 Å². The minimum absolute atomic E-state index is 0.372. The molecular weight excluding hydrogens is 400 g/mol. The first-order chi connectivity index (χ1) is 14.7. The number of benzene rings is 3. The molecule has 0 bridgehead atoms. The molecule has 0 aliphatic rings. The van der Waals surface area contributed by atoms with Crippen LogP contribution in [0.4, 0.5) is 0 Å². The molecule has 0 aliphatic heterocycles. The molecule has 0 unspecified atom stereocenters. The first kappa shape index (κ1) is 18.4. The Morgan fingerprint density at radius 2 is 1.90 bits per heavy atom. The van der Waals surface area contributed by atoms with Gasteiger partial charge in [0.15, 0.2) is 0 Å². The number of ether oxygens (including phenoxy) is 1. The zero-order valence-electron chi connectivity index (χ0n) is 16.0. The second kappa shape index (κ2) is 7.64. The van der Waals surface area contributed by atoms with E-state index in [2.05, 4.69) is 15.5 Å². The van der Waals surface area contributed by atoms with Gasteiger partial charge in [0.2, 0.25) is 5.16 Å². The molecule has 0 atom stereocenters. The summed E-state index contributed by atoms with van der Waals surface area (Å²) in [4.78, 5) is 12.1. The third-order valence-corrected chi connectivity index (χ3v) is 5.80. The Kier molecular flexibility index (Phi) is 4.68.